The molecule has 1 aliphatic rings. The molecule has 0 spiro atoms. The Balaban J connectivity index is 1.88. The van der Waals surface area contributed by atoms with Gasteiger partial charge in [-0.05, 0) is 62.2 Å². The van der Waals surface area contributed by atoms with Gasteiger partial charge in [0.05, 0.1) is 35.0 Å². The van der Waals surface area contributed by atoms with E-state index in [1.807, 2.05) is 50.9 Å². The molecule has 1 heterocycles. The number of hydrogen-bond acceptors (Lipinski definition) is 7. The Morgan fingerprint density at radius 2 is 1.89 bits per heavy atom. The fraction of sp³-hybridized carbons (Fsp3) is 0.308. The van der Waals surface area contributed by atoms with Crippen molar-refractivity contribution in [1.29, 1.82) is 0 Å². The van der Waals surface area contributed by atoms with Crippen LogP contribution >= 0.6 is 11.6 Å². The molecule has 3 aromatic rings. The van der Waals surface area contributed by atoms with E-state index in [1.54, 1.807) is 25.3 Å². The second-order valence-electron chi connectivity index (χ2n) is 9.16. The fourth-order valence-electron chi connectivity index (χ4n) is 4.45. The average molecular weight is 498 g/mol. The summed E-state index contributed by atoms with van der Waals surface area (Å²) in [4.78, 5) is 12.7. The van der Waals surface area contributed by atoms with Gasteiger partial charge in [0.2, 0.25) is 0 Å². The number of anilines is 2. The van der Waals surface area contributed by atoms with Crippen molar-refractivity contribution in [3.63, 3.8) is 0 Å². The minimum Gasteiger partial charge on any atom is -0.496 e. The number of nitrogens with one attached hydrogen (secondary N) is 1. The van der Waals surface area contributed by atoms with Crippen LogP contribution in [0.1, 0.15) is 25.0 Å². The third-order valence-corrected chi connectivity index (χ3v) is 6.55. The van der Waals surface area contributed by atoms with Crippen molar-refractivity contribution in [2.75, 3.05) is 24.4 Å². The molecule has 0 aromatic heterocycles. The summed E-state index contributed by atoms with van der Waals surface area (Å²) in [6.07, 6.45) is -0.815. The molecule has 1 atom stereocenters. The van der Waals surface area contributed by atoms with E-state index in [9.17, 15) is 15.2 Å². The number of ether oxygens (including phenoxy) is 2. The molecule has 8 nitrogen and oxygen atoms in total. The van der Waals surface area contributed by atoms with E-state index in [2.05, 4.69) is 5.32 Å². The lowest BCUT2D eigenvalue weighted by atomic mass is 9.91. The third kappa shape index (κ3) is 4.59. The van der Waals surface area contributed by atoms with E-state index >= 15 is 0 Å². The first-order valence-corrected chi connectivity index (χ1v) is 11.5. The molecule has 0 fully saturated rings. The molecule has 0 bridgehead atoms. The largest absolute Gasteiger partial charge is 0.496 e. The van der Waals surface area contributed by atoms with Crippen LogP contribution in [0.5, 0.6) is 11.5 Å². The van der Waals surface area contributed by atoms with E-state index in [-0.39, 0.29) is 12.3 Å². The van der Waals surface area contributed by atoms with Crippen LogP contribution in [-0.2, 0) is 6.61 Å². The molecular weight excluding hydrogens is 470 g/mol. The van der Waals surface area contributed by atoms with Gasteiger partial charge in [-0.3, -0.25) is 10.1 Å². The molecule has 0 saturated carbocycles. The Labute approximate surface area is 209 Å². The second-order valence-corrected chi connectivity index (χ2v) is 9.60. The van der Waals surface area contributed by atoms with Crippen molar-refractivity contribution in [3.05, 3.63) is 74.8 Å². The number of hydrogen-bond donors (Lipinski definition) is 2. The highest BCUT2D eigenvalue weighted by atomic mass is 35.5. The number of methoxy groups -OCH3 is 1. The minimum absolute atomic E-state index is 0.0478. The van der Waals surface area contributed by atoms with Gasteiger partial charge in [-0.15, -0.1) is 0 Å². The maximum absolute atomic E-state index is 11.3. The van der Waals surface area contributed by atoms with Gasteiger partial charge in [-0.2, -0.15) is 0 Å². The van der Waals surface area contributed by atoms with E-state index in [0.29, 0.717) is 16.5 Å². The topological polar surface area (TPSA) is 97.1 Å². The molecule has 184 valence electrons. The number of nitro groups is 1. The molecule has 0 amide bonds. The summed E-state index contributed by atoms with van der Waals surface area (Å²) in [7, 11) is 3.42. The maximum atomic E-state index is 11.3. The van der Waals surface area contributed by atoms with Crippen molar-refractivity contribution in [1.82, 2.24) is 0 Å². The molecule has 1 aliphatic heterocycles. The standard InChI is InChI=1S/C26H28ClN3O5/c1-15-6-8-17(30(32)33)13-23(15)35-14-20-18(19-12-16(27)7-11-22(19)34-5)9-10-21-24(20)29(4)25(31)26(2,3)28-21/h6-13,25,28,31H,14H2,1-5H3. The highest BCUT2D eigenvalue weighted by Gasteiger charge is 2.38. The van der Waals surface area contributed by atoms with Gasteiger partial charge in [-0.1, -0.05) is 17.7 Å². The number of aliphatic hydroxyl groups excluding tert-OH is 1. The van der Waals surface area contributed by atoms with Gasteiger partial charge in [0.25, 0.3) is 5.69 Å². The lowest BCUT2D eigenvalue weighted by Gasteiger charge is -2.46. The number of fused-ring (bicyclic) bond motifs is 1. The molecule has 0 radical (unpaired) electrons. The molecular formula is C26H28ClN3O5. The molecule has 0 aliphatic carbocycles. The molecule has 3 aromatic carbocycles. The highest BCUT2D eigenvalue weighted by Crippen LogP contribution is 2.45. The summed E-state index contributed by atoms with van der Waals surface area (Å²) in [5.41, 5.74) is 4.09. The van der Waals surface area contributed by atoms with Gasteiger partial charge < -0.3 is 24.8 Å². The van der Waals surface area contributed by atoms with Crippen LogP contribution in [0.15, 0.2) is 48.5 Å². The third-order valence-electron chi connectivity index (χ3n) is 6.31. The van der Waals surface area contributed by atoms with Crippen molar-refractivity contribution < 1.29 is 19.5 Å². The number of non-ortho nitro benzene ring substituents is 1. The number of aliphatic hydroxyl groups is 1. The summed E-state index contributed by atoms with van der Waals surface area (Å²) >= 11 is 6.34. The second kappa shape index (κ2) is 9.28. The quantitative estimate of drug-likeness (QED) is 0.329. The number of benzene rings is 3. The Morgan fingerprint density at radius 1 is 1.14 bits per heavy atom. The first-order valence-electron chi connectivity index (χ1n) is 11.1. The van der Waals surface area contributed by atoms with Crippen LogP contribution in [0.2, 0.25) is 5.02 Å². The fourth-order valence-corrected chi connectivity index (χ4v) is 4.63. The van der Waals surface area contributed by atoms with Crippen molar-refractivity contribution >= 4 is 28.7 Å². The van der Waals surface area contributed by atoms with Crippen molar-refractivity contribution in [3.8, 4) is 22.6 Å². The van der Waals surface area contributed by atoms with Crippen LogP contribution in [-0.4, -0.2) is 36.0 Å². The average Bonchev–Trinajstić information content (AvgIpc) is 2.81. The Bertz CT molecular complexity index is 1290. The van der Waals surface area contributed by atoms with Crippen molar-refractivity contribution in [2.24, 2.45) is 0 Å². The van der Waals surface area contributed by atoms with Crippen LogP contribution in [0.3, 0.4) is 0 Å². The van der Waals surface area contributed by atoms with Crippen molar-refractivity contribution in [2.45, 2.75) is 39.1 Å². The van der Waals surface area contributed by atoms with Crippen LogP contribution in [0, 0.1) is 17.0 Å². The summed E-state index contributed by atoms with van der Waals surface area (Å²) in [5, 5.41) is 26.3. The number of aryl methyl sites for hydroxylation is 1. The number of nitro benzene ring substituents is 1. The van der Waals surface area contributed by atoms with Gasteiger partial charge in [0, 0.05) is 29.3 Å². The minimum atomic E-state index is -0.815. The SMILES string of the molecule is COc1ccc(Cl)cc1-c1ccc2c(c1COc1cc([N+](=O)[O-])ccc1C)N(C)C(O)C(C)(C)N2. The van der Waals surface area contributed by atoms with Gasteiger partial charge >= 0.3 is 0 Å². The predicted molar refractivity (Wildman–Crippen MR) is 138 cm³/mol. The van der Waals surface area contributed by atoms with E-state index in [1.165, 1.54) is 12.1 Å². The van der Waals surface area contributed by atoms with Crippen LogP contribution < -0.4 is 19.7 Å². The summed E-state index contributed by atoms with van der Waals surface area (Å²) in [6, 6.07) is 13.8. The van der Waals surface area contributed by atoms with E-state index in [0.717, 1.165) is 33.6 Å². The normalized spacial score (nSPS) is 16.3. The van der Waals surface area contributed by atoms with Crippen LogP contribution in [0.4, 0.5) is 17.1 Å². The smallest absolute Gasteiger partial charge is 0.273 e. The summed E-state index contributed by atoms with van der Waals surface area (Å²) in [6.45, 7) is 5.77. The van der Waals surface area contributed by atoms with Gasteiger partial charge in [-0.25, -0.2) is 0 Å². The molecule has 9 heteroatoms. The van der Waals surface area contributed by atoms with Gasteiger partial charge in [0.15, 0.2) is 0 Å². The number of nitrogens with zero attached hydrogens (tertiary/aromatic N) is 2. The Hall–Kier alpha value is -3.49. The Kier molecular flexibility index (Phi) is 6.53. The maximum Gasteiger partial charge on any atom is 0.273 e. The lowest BCUT2D eigenvalue weighted by Crippen LogP contribution is -2.56. The summed E-state index contributed by atoms with van der Waals surface area (Å²) < 4.78 is 11.8. The lowest BCUT2D eigenvalue weighted by molar-refractivity contribution is -0.385. The zero-order valence-corrected chi connectivity index (χ0v) is 21.0. The number of rotatable bonds is 6. The summed E-state index contributed by atoms with van der Waals surface area (Å²) in [5.74, 6) is 1.04. The molecule has 2 N–H and O–H groups in total. The Morgan fingerprint density at radius 3 is 2.57 bits per heavy atom. The first kappa shape index (κ1) is 24.6. The molecule has 1 unspecified atom stereocenters. The van der Waals surface area contributed by atoms with E-state index in [4.69, 9.17) is 21.1 Å². The molecule has 0 saturated heterocycles. The zero-order chi connectivity index (χ0) is 25.5. The molecule has 35 heavy (non-hydrogen) atoms. The predicted octanol–water partition coefficient (Wildman–Crippen LogP) is 5.77. The van der Waals surface area contributed by atoms with E-state index < -0.39 is 16.7 Å². The number of halogens is 1. The number of likely N-dealkylation sites (N-methyl/N-ethyl adjacent to an activating group) is 1. The van der Waals surface area contributed by atoms with Crippen LogP contribution in [0.25, 0.3) is 11.1 Å². The monoisotopic (exact) mass is 497 g/mol. The zero-order valence-electron chi connectivity index (χ0n) is 20.3. The first-order chi connectivity index (χ1) is 16.5. The van der Waals surface area contributed by atoms with Gasteiger partial charge in [0.1, 0.15) is 24.3 Å². The highest BCUT2D eigenvalue weighted by molar-refractivity contribution is 6.31. The molecule has 4 rings (SSSR count).